The number of amides is 1. The van der Waals surface area contributed by atoms with Crippen LogP contribution in [0.4, 0.5) is 0 Å². The molecule has 0 radical (unpaired) electrons. The van der Waals surface area contributed by atoms with Gasteiger partial charge in [0.2, 0.25) is 5.91 Å². The van der Waals surface area contributed by atoms with E-state index in [2.05, 4.69) is 29.1 Å². The number of nitrogens with zero attached hydrogens (tertiary/aromatic N) is 2. The van der Waals surface area contributed by atoms with Gasteiger partial charge >= 0.3 is 0 Å². The van der Waals surface area contributed by atoms with Crippen molar-refractivity contribution in [2.75, 3.05) is 33.2 Å². The fourth-order valence-corrected chi connectivity index (χ4v) is 3.15. The van der Waals surface area contributed by atoms with Gasteiger partial charge in [0.15, 0.2) is 0 Å². The first kappa shape index (κ1) is 13.8. The summed E-state index contributed by atoms with van der Waals surface area (Å²) in [7, 11) is 2.22. The molecule has 2 atom stereocenters. The van der Waals surface area contributed by atoms with E-state index < -0.39 is 0 Å². The number of hydrogen-bond acceptors (Lipinski definition) is 3. The van der Waals surface area contributed by atoms with Crippen LogP contribution >= 0.6 is 0 Å². The summed E-state index contributed by atoms with van der Waals surface area (Å²) in [5.74, 6) is 0.308. The van der Waals surface area contributed by atoms with Crippen molar-refractivity contribution in [2.24, 2.45) is 0 Å². The van der Waals surface area contributed by atoms with Crippen molar-refractivity contribution in [3.05, 3.63) is 0 Å². The summed E-state index contributed by atoms with van der Waals surface area (Å²) >= 11 is 0. The Kier molecular flexibility index (Phi) is 5.01. The summed E-state index contributed by atoms with van der Waals surface area (Å²) in [6.07, 6.45) is 6.02. The van der Waals surface area contributed by atoms with Crippen molar-refractivity contribution in [3.63, 3.8) is 0 Å². The first-order valence-corrected chi connectivity index (χ1v) is 7.44. The zero-order valence-electron chi connectivity index (χ0n) is 11.8. The SMILES string of the molecule is CCC1NCCN(CCC2CCCCN2C)C1=O. The fraction of sp³-hybridized carbons (Fsp3) is 0.929. The molecule has 2 fully saturated rings. The highest BCUT2D eigenvalue weighted by atomic mass is 16.2. The van der Waals surface area contributed by atoms with E-state index in [1.807, 2.05) is 0 Å². The molecule has 4 nitrogen and oxygen atoms in total. The molecule has 104 valence electrons. The Bertz CT molecular complexity index is 282. The van der Waals surface area contributed by atoms with E-state index in [-0.39, 0.29) is 6.04 Å². The summed E-state index contributed by atoms with van der Waals surface area (Å²) in [6, 6.07) is 0.740. The molecule has 0 aromatic carbocycles. The number of likely N-dealkylation sites (tertiary alicyclic amines) is 1. The monoisotopic (exact) mass is 253 g/mol. The molecule has 0 aromatic rings. The van der Waals surface area contributed by atoms with Crippen LogP contribution in [0.2, 0.25) is 0 Å². The maximum atomic E-state index is 12.2. The van der Waals surface area contributed by atoms with Gasteiger partial charge in [0.25, 0.3) is 0 Å². The van der Waals surface area contributed by atoms with Crippen molar-refractivity contribution in [1.82, 2.24) is 15.1 Å². The molecular weight excluding hydrogens is 226 g/mol. The second-order valence-corrected chi connectivity index (χ2v) is 5.66. The van der Waals surface area contributed by atoms with E-state index in [4.69, 9.17) is 0 Å². The highest BCUT2D eigenvalue weighted by Crippen LogP contribution is 2.18. The third-order valence-electron chi connectivity index (χ3n) is 4.44. The highest BCUT2D eigenvalue weighted by Gasteiger charge is 2.27. The predicted octanol–water partition coefficient (Wildman–Crippen LogP) is 1.07. The highest BCUT2D eigenvalue weighted by molar-refractivity contribution is 5.82. The number of rotatable bonds is 4. The van der Waals surface area contributed by atoms with Gasteiger partial charge in [-0.2, -0.15) is 0 Å². The summed E-state index contributed by atoms with van der Waals surface area (Å²) < 4.78 is 0. The van der Waals surface area contributed by atoms with Gasteiger partial charge in [-0.3, -0.25) is 4.79 Å². The normalized spacial score (nSPS) is 30.8. The van der Waals surface area contributed by atoms with Gasteiger partial charge < -0.3 is 15.1 Å². The van der Waals surface area contributed by atoms with E-state index >= 15 is 0 Å². The van der Waals surface area contributed by atoms with Crippen molar-refractivity contribution in [1.29, 1.82) is 0 Å². The molecule has 0 bridgehead atoms. The maximum absolute atomic E-state index is 12.2. The van der Waals surface area contributed by atoms with Crippen LogP contribution in [0.15, 0.2) is 0 Å². The average molecular weight is 253 g/mol. The standard InChI is InChI=1S/C14H27N3O/c1-3-13-14(18)17(11-8-15-13)10-7-12-6-4-5-9-16(12)2/h12-13,15H,3-11H2,1-2H3. The van der Waals surface area contributed by atoms with Crippen LogP contribution < -0.4 is 5.32 Å². The zero-order chi connectivity index (χ0) is 13.0. The van der Waals surface area contributed by atoms with Crippen LogP contribution in [-0.4, -0.2) is 61.0 Å². The summed E-state index contributed by atoms with van der Waals surface area (Å²) in [4.78, 5) is 16.7. The number of piperidine rings is 1. The number of hydrogen-bond donors (Lipinski definition) is 1. The van der Waals surface area contributed by atoms with Gasteiger partial charge in [-0.05, 0) is 39.3 Å². The fourth-order valence-electron chi connectivity index (χ4n) is 3.15. The van der Waals surface area contributed by atoms with Gasteiger partial charge in [-0.25, -0.2) is 0 Å². The van der Waals surface area contributed by atoms with Gasteiger partial charge in [0, 0.05) is 25.7 Å². The molecule has 0 aromatic heterocycles. The molecule has 1 N–H and O–H groups in total. The van der Waals surface area contributed by atoms with Crippen LogP contribution in [0.1, 0.15) is 39.0 Å². The molecule has 2 rings (SSSR count). The van der Waals surface area contributed by atoms with Gasteiger partial charge in [-0.15, -0.1) is 0 Å². The van der Waals surface area contributed by atoms with E-state index in [1.54, 1.807) is 0 Å². The van der Waals surface area contributed by atoms with Gasteiger partial charge in [0.1, 0.15) is 0 Å². The smallest absolute Gasteiger partial charge is 0.239 e. The minimum atomic E-state index is 0.0582. The molecular formula is C14H27N3O. The molecule has 18 heavy (non-hydrogen) atoms. The molecule has 2 aliphatic rings. The van der Waals surface area contributed by atoms with E-state index in [0.717, 1.165) is 32.5 Å². The lowest BCUT2D eigenvalue weighted by atomic mass is 9.99. The molecule has 2 unspecified atom stereocenters. The van der Waals surface area contributed by atoms with Crippen LogP contribution in [0, 0.1) is 0 Å². The summed E-state index contributed by atoms with van der Waals surface area (Å²) in [5.41, 5.74) is 0. The van der Waals surface area contributed by atoms with Crippen LogP contribution in [0.5, 0.6) is 0 Å². The Labute approximate surface area is 111 Å². The third kappa shape index (κ3) is 3.23. The van der Waals surface area contributed by atoms with Crippen LogP contribution in [0.25, 0.3) is 0 Å². The zero-order valence-corrected chi connectivity index (χ0v) is 11.8. The van der Waals surface area contributed by atoms with Crippen LogP contribution in [0.3, 0.4) is 0 Å². The average Bonchev–Trinajstić information content (AvgIpc) is 2.39. The Morgan fingerprint density at radius 2 is 2.17 bits per heavy atom. The number of nitrogens with one attached hydrogen (secondary N) is 1. The van der Waals surface area contributed by atoms with Gasteiger partial charge in [0.05, 0.1) is 6.04 Å². The maximum Gasteiger partial charge on any atom is 0.239 e. The summed E-state index contributed by atoms with van der Waals surface area (Å²) in [5, 5.41) is 3.29. The second-order valence-electron chi connectivity index (χ2n) is 5.66. The Morgan fingerprint density at radius 3 is 2.89 bits per heavy atom. The topological polar surface area (TPSA) is 35.6 Å². The molecule has 0 spiro atoms. The molecule has 2 heterocycles. The van der Waals surface area contributed by atoms with Gasteiger partial charge in [-0.1, -0.05) is 13.3 Å². The van der Waals surface area contributed by atoms with Crippen molar-refractivity contribution in [2.45, 2.75) is 51.1 Å². The minimum Gasteiger partial charge on any atom is -0.340 e. The third-order valence-corrected chi connectivity index (χ3v) is 4.44. The Morgan fingerprint density at radius 1 is 1.33 bits per heavy atom. The van der Waals surface area contributed by atoms with E-state index in [1.165, 1.54) is 25.8 Å². The predicted molar refractivity (Wildman–Crippen MR) is 73.5 cm³/mol. The first-order chi connectivity index (χ1) is 8.72. The van der Waals surface area contributed by atoms with E-state index in [9.17, 15) is 4.79 Å². The van der Waals surface area contributed by atoms with Crippen molar-refractivity contribution >= 4 is 5.91 Å². The summed E-state index contributed by atoms with van der Waals surface area (Å²) in [6.45, 7) is 6.06. The lowest BCUT2D eigenvalue weighted by molar-refractivity contribution is -0.136. The first-order valence-electron chi connectivity index (χ1n) is 7.44. The number of piperazine rings is 1. The molecule has 0 saturated carbocycles. The number of carbonyl (C=O) groups is 1. The molecule has 2 saturated heterocycles. The van der Waals surface area contributed by atoms with Crippen molar-refractivity contribution in [3.8, 4) is 0 Å². The molecule has 4 heteroatoms. The van der Waals surface area contributed by atoms with E-state index in [0.29, 0.717) is 11.9 Å². The lowest BCUT2D eigenvalue weighted by Crippen LogP contribution is -2.55. The Hall–Kier alpha value is -0.610. The minimum absolute atomic E-state index is 0.0582. The largest absolute Gasteiger partial charge is 0.340 e. The molecule has 0 aliphatic carbocycles. The molecule has 1 amide bonds. The molecule has 2 aliphatic heterocycles. The Balaban J connectivity index is 1.80. The van der Waals surface area contributed by atoms with Crippen molar-refractivity contribution < 1.29 is 4.79 Å². The number of carbonyl (C=O) groups excluding carboxylic acids is 1. The second kappa shape index (κ2) is 6.53. The lowest BCUT2D eigenvalue weighted by Gasteiger charge is -2.37. The quantitative estimate of drug-likeness (QED) is 0.814. The van der Waals surface area contributed by atoms with Crippen LogP contribution in [-0.2, 0) is 4.79 Å².